The molecule has 0 atom stereocenters. The lowest BCUT2D eigenvalue weighted by atomic mass is 10.00. The zero-order valence-electron chi connectivity index (χ0n) is 17.9. The number of anilines is 1. The highest BCUT2D eigenvalue weighted by molar-refractivity contribution is 7.98. The number of nitrogens with zero attached hydrogens (tertiary/aromatic N) is 4. The Kier molecular flexibility index (Phi) is 5.09. The van der Waals surface area contributed by atoms with E-state index < -0.39 is 0 Å². The molecule has 1 aliphatic carbocycles. The van der Waals surface area contributed by atoms with Crippen molar-refractivity contribution in [3.8, 4) is 0 Å². The van der Waals surface area contributed by atoms with E-state index in [0.29, 0.717) is 17.4 Å². The zero-order chi connectivity index (χ0) is 20.8. The number of benzene rings is 1. The molecule has 3 aromatic rings. The number of thioether (sulfide) groups is 1. The van der Waals surface area contributed by atoms with Crippen LogP contribution >= 0.6 is 11.8 Å². The van der Waals surface area contributed by atoms with Gasteiger partial charge >= 0.3 is 5.63 Å². The van der Waals surface area contributed by atoms with E-state index >= 15 is 0 Å². The molecule has 30 heavy (non-hydrogen) atoms. The first-order valence-electron chi connectivity index (χ1n) is 10.9. The van der Waals surface area contributed by atoms with Gasteiger partial charge in [0, 0.05) is 36.3 Å². The second-order valence-electron chi connectivity index (χ2n) is 8.87. The third-order valence-electron chi connectivity index (χ3n) is 6.43. The van der Waals surface area contributed by atoms with Gasteiger partial charge in [-0.15, -0.1) is 10.2 Å². The van der Waals surface area contributed by atoms with E-state index in [9.17, 15) is 4.79 Å². The number of rotatable bonds is 5. The summed E-state index contributed by atoms with van der Waals surface area (Å²) in [4.78, 5) is 14.5. The zero-order valence-corrected chi connectivity index (χ0v) is 18.7. The van der Waals surface area contributed by atoms with Gasteiger partial charge in [0.15, 0.2) is 5.16 Å². The van der Waals surface area contributed by atoms with Crippen LogP contribution in [-0.2, 0) is 5.75 Å². The third kappa shape index (κ3) is 3.75. The molecule has 1 aromatic carbocycles. The normalized spacial score (nSPS) is 17.8. The number of fused-ring (bicyclic) bond motifs is 1. The molecular weight excluding hydrogens is 396 g/mol. The number of hydrogen-bond acceptors (Lipinski definition) is 6. The maximum absolute atomic E-state index is 12.1. The molecule has 2 aliphatic rings. The Morgan fingerprint density at radius 3 is 2.53 bits per heavy atom. The van der Waals surface area contributed by atoms with Crippen molar-refractivity contribution in [3.63, 3.8) is 0 Å². The molecule has 0 unspecified atom stereocenters. The van der Waals surface area contributed by atoms with Crippen molar-refractivity contribution in [2.24, 2.45) is 5.92 Å². The smallest absolute Gasteiger partial charge is 0.336 e. The van der Waals surface area contributed by atoms with Gasteiger partial charge in [-0.1, -0.05) is 18.7 Å². The molecule has 2 fully saturated rings. The van der Waals surface area contributed by atoms with Gasteiger partial charge in [-0.25, -0.2) is 4.79 Å². The first-order chi connectivity index (χ1) is 14.5. The van der Waals surface area contributed by atoms with E-state index in [0.717, 1.165) is 46.6 Å². The van der Waals surface area contributed by atoms with Crippen LogP contribution in [0.5, 0.6) is 0 Å². The molecule has 0 radical (unpaired) electrons. The van der Waals surface area contributed by atoms with Gasteiger partial charge in [0.25, 0.3) is 0 Å². The van der Waals surface area contributed by atoms with Crippen LogP contribution in [0.15, 0.2) is 32.6 Å². The van der Waals surface area contributed by atoms with Crippen LogP contribution in [0.25, 0.3) is 11.0 Å². The maximum Gasteiger partial charge on any atom is 0.336 e. The third-order valence-corrected chi connectivity index (χ3v) is 7.42. The van der Waals surface area contributed by atoms with Crippen LogP contribution < -0.4 is 10.5 Å². The Balaban J connectivity index is 1.43. The highest BCUT2D eigenvalue weighted by atomic mass is 32.2. The van der Waals surface area contributed by atoms with Crippen molar-refractivity contribution in [1.29, 1.82) is 0 Å². The fraction of sp³-hybridized carbons (Fsp3) is 0.522. The molecule has 0 N–H and O–H groups in total. The minimum atomic E-state index is -0.298. The first-order valence-corrected chi connectivity index (χ1v) is 11.8. The van der Waals surface area contributed by atoms with Gasteiger partial charge in [-0.2, -0.15) is 0 Å². The van der Waals surface area contributed by atoms with Crippen molar-refractivity contribution in [1.82, 2.24) is 14.8 Å². The van der Waals surface area contributed by atoms with E-state index in [1.807, 2.05) is 13.0 Å². The Hall–Kier alpha value is -2.28. The van der Waals surface area contributed by atoms with Crippen molar-refractivity contribution in [3.05, 3.63) is 45.3 Å². The average molecular weight is 425 g/mol. The van der Waals surface area contributed by atoms with E-state index in [1.165, 1.54) is 31.2 Å². The lowest BCUT2D eigenvalue weighted by Gasteiger charge is -2.31. The fourth-order valence-electron chi connectivity index (χ4n) is 4.19. The minimum absolute atomic E-state index is 0.298. The fourth-order valence-corrected chi connectivity index (χ4v) is 5.18. The van der Waals surface area contributed by atoms with Gasteiger partial charge in [-0.05, 0) is 74.3 Å². The summed E-state index contributed by atoms with van der Waals surface area (Å²) < 4.78 is 7.79. The summed E-state index contributed by atoms with van der Waals surface area (Å²) in [5.41, 5.74) is 3.68. The van der Waals surface area contributed by atoms with Crippen LogP contribution in [0.2, 0.25) is 0 Å². The summed E-state index contributed by atoms with van der Waals surface area (Å²) in [7, 11) is 0. The molecule has 1 saturated heterocycles. The average Bonchev–Trinajstić information content (AvgIpc) is 3.47. The van der Waals surface area contributed by atoms with Crippen molar-refractivity contribution in [2.45, 2.75) is 63.4 Å². The lowest BCUT2D eigenvalue weighted by Crippen LogP contribution is -2.34. The van der Waals surface area contributed by atoms with Crippen LogP contribution in [0.3, 0.4) is 0 Å². The largest absolute Gasteiger partial charge is 0.423 e. The Bertz CT molecular complexity index is 1140. The number of aryl methyl sites for hydroxylation is 2. The number of piperidine rings is 1. The van der Waals surface area contributed by atoms with Gasteiger partial charge < -0.3 is 9.32 Å². The molecule has 7 heteroatoms. The molecule has 6 nitrogen and oxygen atoms in total. The van der Waals surface area contributed by atoms with Crippen LogP contribution in [0.1, 0.15) is 55.3 Å². The van der Waals surface area contributed by atoms with E-state index in [-0.39, 0.29) is 5.63 Å². The highest BCUT2D eigenvalue weighted by Gasteiger charge is 2.32. The maximum atomic E-state index is 12.1. The summed E-state index contributed by atoms with van der Waals surface area (Å²) in [5.74, 6) is 2.49. The van der Waals surface area contributed by atoms with Crippen LogP contribution in [0.4, 0.5) is 5.95 Å². The van der Waals surface area contributed by atoms with Gasteiger partial charge in [0.1, 0.15) is 5.58 Å². The summed E-state index contributed by atoms with van der Waals surface area (Å²) in [5, 5.41) is 11.1. The topological polar surface area (TPSA) is 64.2 Å². The summed E-state index contributed by atoms with van der Waals surface area (Å²) >= 11 is 1.67. The molecular formula is C23H28N4O2S. The van der Waals surface area contributed by atoms with Crippen LogP contribution in [0, 0.1) is 19.8 Å². The van der Waals surface area contributed by atoms with Gasteiger partial charge in [-0.3, -0.25) is 4.57 Å². The molecule has 5 rings (SSSR count). The SMILES string of the molecule is Cc1cc2oc(=O)cc(CSc3nnc(N4CCC(C)CC4)n3C3CC3)c2cc1C. The molecule has 1 aliphatic heterocycles. The van der Waals surface area contributed by atoms with E-state index in [4.69, 9.17) is 4.42 Å². The van der Waals surface area contributed by atoms with E-state index in [1.54, 1.807) is 17.8 Å². The predicted molar refractivity (Wildman–Crippen MR) is 120 cm³/mol. The summed E-state index contributed by atoms with van der Waals surface area (Å²) in [6, 6.07) is 6.21. The Morgan fingerprint density at radius 2 is 1.80 bits per heavy atom. The second-order valence-corrected chi connectivity index (χ2v) is 9.81. The predicted octanol–water partition coefficient (Wildman–Crippen LogP) is 4.86. The molecule has 0 amide bonds. The quantitative estimate of drug-likeness (QED) is 0.430. The first kappa shape index (κ1) is 19.7. The highest BCUT2D eigenvalue weighted by Crippen LogP contribution is 2.42. The van der Waals surface area contributed by atoms with Crippen molar-refractivity contribution in [2.75, 3.05) is 18.0 Å². The Labute approximate surface area is 180 Å². The van der Waals surface area contributed by atoms with Gasteiger partial charge in [0.2, 0.25) is 5.95 Å². The molecule has 158 valence electrons. The van der Waals surface area contributed by atoms with Crippen LogP contribution in [-0.4, -0.2) is 27.9 Å². The van der Waals surface area contributed by atoms with Gasteiger partial charge in [0.05, 0.1) is 0 Å². The number of aromatic nitrogens is 3. The molecule has 2 aromatic heterocycles. The van der Waals surface area contributed by atoms with E-state index in [2.05, 4.69) is 39.6 Å². The molecule has 0 bridgehead atoms. The second kappa shape index (κ2) is 7.76. The van der Waals surface area contributed by atoms with Crippen molar-refractivity contribution < 1.29 is 4.42 Å². The lowest BCUT2D eigenvalue weighted by molar-refractivity contribution is 0.429. The standard InChI is InChI=1S/C23H28N4O2S/c1-14-6-8-26(9-7-14)22-24-25-23(27(22)18-4-5-18)30-13-17-12-21(28)29-20-11-16(3)15(2)10-19(17)20/h10-12,14,18H,4-9,13H2,1-3H3. The monoisotopic (exact) mass is 424 g/mol. The summed E-state index contributed by atoms with van der Waals surface area (Å²) in [6.45, 7) is 8.57. The summed E-state index contributed by atoms with van der Waals surface area (Å²) in [6.07, 6.45) is 4.81. The van der Waals surface area contributed by atoms with Crippen molar-refractivity contribution >= 4 is 28.7 Å². The minimum Gasteiger partial charge on any atom is -0.423 e. The molecule has 0 spiro atoms. The molecule has 3 heterocycles. The Morgan fingerprint density at radius 1 is 1.07 bits per heavy atom. The number of hydrogen-bond donors (Lipinski definition) is 0. The molecule has 1 saturated carbocycles.